The second-order valence-corrected chi connectivity index (χ2v) is 9.28. The number of hydrogen-bond acceptors (Lipinski definition) is 5. The summed E-state index contributed by atoms with van der Waals surface area (Å²) in [5.41, 5.74) is 0.645. The molecule has 0 spiro atoms. The van der Waals surface area contributed by atoms with Crippen molar-refractivity contribution in [3.63, 3.8) is 0 Å². The summed E-state index contributed by atoms with van der Waals surface area (Å²) in [5, 5.41) is 3.79. The van der Waals surface area contributed by atoms with Gasteiger partial charge in [-0.25, -0.2) is 4.79 Å². The average Bonchev–Trinajstić information content (AvgIpc) is 3.30. The number of rotatable bonds is 6. The fourth-order valence-corrected chi connectivity index (χ4v) is 4.60. The molecule has 3 heterocycles. The minimum absolute atomic E-state index is 0.116. The molecule has 2 aliphatic heterocycles. The topological polar surface area (TPSA) is 61.2 Å². The maximum atomic E-state index is 12.6. The van der Waals surface area contributed by atoms with Crippen LogP contribution in [-0.4, -0.2) is 85.3 Å². The number of benzene rings is 1. The fraction of sp³-hybridized carbons (Fsp3) is 0.522. The van der Waals surface area contributed by atoms with Crippen LogP contribution in [0.4, 0.5) is 10.5 Å². The Morgan fingerprint density at radius 3 is 2.69 bits per heavy atom. The predicted molar refractivity (Wildman–Crippen MR) is 127 cm³/mol. The molecule has 1 unspecified atom stereocenters. The SMILES string of the molecule is CC(Cc1ccco1)N1CCO[C@@H](CN2CCN(C(=O)Nc3ccc(Cl)c(Cl)c3)CC2)C1. The number of carbonyl (C=O) groups excluding carboxylic acids is 1. The molecular formula is C23H30Cl2N4O3. The first-order chi connectivity index (χ1) is 15.5. The number of amides is 2. The molecule has 174 valence electrons. The first-order valence-electron chi connectivity index (χ1n) is 11.1. The van der Waals surface area contributed by atoms with Gasteiger partial charge < -0.3 is 19.4 Å². The smallest absolute Gasteiger partial charge is 0.321 e. The Hall–Kier alpha value is -1.77. The number of hydrogen-bond donors (Lipinski definition) is 1. The van der Waals surface area contributed by atoms with Gasteiger partial charge in [0.05, 0.1) is 29.0 Å². The molecule has 2 amide bonds. The summed E-state index contributed by atoms with van der Waals surface area (Å²) in [7, 11) is 0. The average molecular weight is 481 g/mol. The Kier molecular flexibility index (Phi) is 7.97. The Labute approximate surface area is 199 Å². The number of furan rings is 1. The van der Waals surface area contributed by atoms with Crippen molar-refractivity contribution in [2.45, 2.75) is 25.5 Å². The molecular weight excluding hydrogens is 451 g/mol. The predicted octanol–water partition coefficient (Wildman–Crippen LogP) is 4.07. The number of anilines is 1. The van der Waals surface area contributed by atoms with E-state index in [-0.39, 0.29) is 12.1 Å². The summed E-state index contributed by atoms with van der Waals surface area (Å²) in [6.45, 7) is 8.76. The van der Waals surface area contributed by atoms with E-state index in [0.717, 1.165) is 51.5 Å². The van der Waals surface area contributed by atoms with Gasteiger partial charge >= 0.3 is 6.03 Å². The zero-order chi connectivity index (χ0) is 22.5. The number of piperazine rings is 1. The van der Waals surface area contributed by atoms with Crippen LogP contribution in [0.15, 0.2) is 41.0 Å². The van der Waals surface area contributed by atoms with E-state index < -0.39 is 0 Å². The van der Waals surface area contributed by atoms with E-state index >= 15 is 0 Å². The van der Waals surface area contributed by atoms with Crippen LogP contribution in [-0.2, 0) is 11.2 Å². The lowest BCUT2D eigenvalue weighted by Crippen LogP contribution is -2.55. The highest BCUT2D eigenvalue weighted by molar-refractivity contribution is 6.42. The van der Waals surface area contributed by atoms with Crippen molar-refractivity contribution >= 4 is 34.9 Å². The number of urea groups is 1. The van der Waals surface area contributed by atoms with Crippen LogP contribution in [0.25, 0.3) is 0 Å². The molecule has 0 radical (unpaired) electrons. The molecule has 0 aliphatic carbocycles. The molecule has 4 rings (SSSR count). The molecule has 2 atom stereocenters. The molecule has 9 heteroatoms. The van der Waals surface area contributed by atoms with Crippen LogP contribution in [0, 0.1) is 0 Å². The Bertz CT molecular complexity index is 887. The minimum Gasteiger partial charge on any atom is -0.469 e. The second kappa shape index (κ2) is 10.9. The molecule has 2 aliphatic rings. The van der Waals surface area contributed by atoms with Crippen LogP contribution in [0.2, 0.25) is 10.0 Å². The van der Waals surface area contributed by atoms with E-state index in [1.54, 1.807) is 24.5 Å². The molecule has 0 saturated carbocycles. The van der Waals surface area contributed by atoms with E-state index in [9.17, 15) is 4.79 Å². The van der Waals surface area contributed by atoms with Gasteiger partial charge in [0.1, 0.15) is 5.76 Å². The number of nitrogens with zero attached hydrogens (tertiary/aromatic N) is 3. The van der Waals surface area contributed by atoms with E-state index in [1.165, 1.54) is 0 Å². The first-order valence-corrected chi connectivity index (χ1v) is 11.8. The van der Waals surface area contributed by atoms with Crippen molar-refractivity contribution in [3.05, 3.63) is 52.4 Å². The van der Waals surface area contributed by atoms with Crippen LogP contribution >= 0.6 is 23.2 Å². The van der Waals surface area contributed by atoms with Crippen molar-refractivity contribution in [3.8, 4) is 0 Å². The van der Waals surface area contributed by atoms with Gasteiger partial charge in [-0.15, -0.1) is 0 Å². The number of ether oxygens (including phenoxy) is 1. The van der Waals surface area contributed by atoms with Crippen molar-refractivity contribution in [2.24, 2.45) is 0 Å². The first kappa shape index (κ1) is 23.4. The number of carbonyl (C=O) groups is 1. The Morgan fingerprint density at radius 1 is 1.16 bits per heavy atom. The summed E-state index contributed by atoms with van der Waals surface area (Å²) >= 11 is 12.0. The minimum atomic E-state index is -0.116. The number of morpholine rings is 1. The van der Waals surface area contributed by atoms with Crippen molar-refractivity contribution in [1.82, 2.24) is 14.7 Å². The van der Waals surface area contributed by atoms with Gasteiger partial charge in [-0.05, 0) is 37.3 Å². The van der Waals surface area contributed by atoms with Gasteiger partial charge in [0.2, 0.25) is 0 Å². The summed E-state index contributed by atoms with van der Waals surface area (Å²) in [6, 6.07) is 9.36. The van der Waals surface area contributed by atoms with Gasteiger partial charge in [-0.2, -0.15) is 0 Å². The Morgan fingerprint density at radius 2 is 1.97 bits per heavy atom. The lowest BCUT2D eigenvalue weighted by Gasteiger charge is -2.40. The molecule has 1 N–H and O–H groups in total. The van der Waals surface area contributed by atoms with Crippen molar-refractivity contribution in [2.75, 3.05) is 57.7 Å². The Balaban J connectivity index is 1.21. The van der Waals surface area contributed by atoms with E-state index in [0.29, 0.717) is 34.9 Å². The molecule has 2 fully saturated rings. The van der Waals surface area contributed by atoms with Crippen LogP contribution < -0.4 is 5.32 Å². The summed E-state index contributed by atoms with van der Waals surface area (Å²) in [6.07, 6.45) is 2.82. The third-order valence-electron chi connectivity index (χ3n) is 6.16. The summed E-state index contributed by atoms with van der Waals surface area (Å²) < 4.78 is 11.6. The summed E-state index contributed by atoms with van der Waals surface area (Å²) in [5.74, 6) is 1.02. The monoisotopic (exact) mass is 480 g/mol. The lowest BCUT2D eigenvalue weighted by atomic mass is 10.1. The van der Waals surface area contributed by atoms with Gasteiger partial charge in [0, 0.05) is 64.0 Å². The van der Waals surface area contributed by atoms with Crippen molar-refractivity contribution in [1.29, 1.82) is 0 Å². The molecule has 2 saturated heterocycles. The molecule has 32 heavy (non-hydrogen) atoms. The normalized spacial score (nSPS) is 21.5. The standard InChI is InChI=1S/C23H30Cl2N4O3/c1-17(13-19-3-2-11-31-19)29-10-12-32-20(16-29)15-27-6-8-28(9-7-27)23(30)26-18-4-5-21(24)22(25)14-18/h2-5,11,14,17,20H,6-10,12-13,15-16H2,1H3,(H,26,30)/t17?,20-/m0/s1. The second-order valence-electron chi connectivity index (χ2n) is 8.47. The third-order valence-corrected chi connectivity index (χ3v) is 6.90. The molecule has 2 aromatic rings. The van der Waals surface area contributed by atoms with E-state index in [1.807, 2.05) is 17.0 Å². The zero-order valence-corrected chi connectivity index (χ0v) is 19.8. The zero-order valence-electron chi connectivity index (χ0n) is 18.3. The highest BCUT2D eigenvalue weighted by Crippen LogP contribution is 2.25. The van der Waals surface area contributed by atoms with E-state index in [4.69, 9.17) is 32.4 Å². The fourth-order valence-electron chi connectivity index (χ4n) is 4.30. The van der Waals surface area contributed by atoms with Gasteiger partial charge in [-0.1, -0.05) is 23.2 Å². The third kappa shape index (κ3) is 6.17. The molecule has 7 nitrogen and oxygen atoms in total. The van der Waals surface area contributed by atoms with Crippen LogP contribution in [0.1, 0.15) is 12.7 Å². The molecule has 1 aromatic heterocycles. The molecule has 0 bridgehead atoms. The highest BCUT2D eigenvalue weighted by Gasteiger charge is 2.28. The van der Waals surface area contributed by atoms with Gasteiger partial charge in [0.25, 0.3) is 0 Å². The van der Waals surface area contributed by atoms with Crippen molar-refractivity contribution < 1.29 is 13.9 Å². The highest BCUT2D eigenvalue weighted by atomic mass is 35.5. The van der Waals surface area contributed by atoms with Gasteiger partial charge in [0.15, 0.2) is 0 Å². The summed E-state index contributed by atoms with van der Waals surface area (Å²) in [4.78, 5) is 19.3. The van der Waals surface area contributed by atoms with Crippen LogP contribution in [0.3, 0.4) is 0 Å². The largest absolute Gasteiger partial charge is 0.469 e. The maximum Gasteiger partial charge on any atom is 0.321 e. The number of nitrogens with one attached hydrogen (secondary N) is 1. The lowest BCUT2D eigenvalue weighted by molar-refractivity contribution is -0.0574. The maximum absolute atomic E-state index is 12.6. The number of halogens is 2. The van der Waals surface area contributed by atoms with E-state index in [2.05, 4.69) is 22.0 Å². The molecule has 1 aromatic carbocycles. The van der Waals surface area contributed by atoms with Crippen LogP contribution in [0.5, 0.6) is 0 Å². The quantitative estimate of drug-likeness (QED) is 0.674. The van der Waals surface area contributed by atoms with Gasteiger partial charge in [-0.3, -0.25) is 9.80 Å².